The molecule has 23 heavy (non-hydrogen) atoms. The van der Waals surface area contributed by atoms with Gasteiger partial charge >= 0.3 is 0 Å². The maximum atomic E-state index is 12.5. The van der Waals surface area contributed by atoms with Crippen LogP contribution in [0.4, 0.5) is 5.69 Å². The van der Waals surface area contributed by atoms with E-state index in [-0.39, 0.29) is 17.7 Å². The summed E-state index contributed by atoms with van der Waals surface area (Å²) in [7, 11) is 0. The molecule has 1 fully saturated rings. The van der Waals surface area contributed by atoms with Gasteiger partial charge in [-0.1, -0.05) is 29.8 Å². The van der Waals surface area contributed by atoms with E-state index < -0.39 is 0 Å². The predicted octanol–water partition coefficient (Wildman–Crippen LogP) is 4.50. The van der Waals surface area contributed by atoms with Crippen LogP contribution in [-0.2, 0) is 9.59 Å². The average Bonchev–Trinajstić information content (AvgIpc) is 2.55. The van der Waals surface area contributed by atoms with Gasteiger partial charge in [0.2, 0.25) is 11.8 Å². The first-order valence-electron chi connectivity index (χ1n) is 7.34. The number of carbonyl (C=O) groups is 2. The molecular weight excluding hydrogens is 330 g/mol. The van der Waals surface area contributed by atoms with Crippen molar-refractivity contribution in [1.82, 2.24) is 0 Å². The van der Waals surface area contributed by atoms with Crippen molar-refractivity contribution in [3.8, 4) is 0 Å². The zero-order chi connectivity index (χ0) is 16.4. The Kier molecular flexibility index (Phi) is 4.74. The Morgan fingerprint density at radius 1 is 1.04 bits per heavy atom. The number of nitrogens with zero attached hydrogens (tertiary/aromatic N) is 1. The van der Waals surface area contributed by atoms with E-state index in [1.165, 1.54) is 4.90 Å². The summed E-state index contributed by atoms with van der Waals surface area (Å²) in [5.74, 6) is -0.383. The fourth-order valence-electron chi connectivity index (χ4n) is 2.82. The number of amides is 2. The molecule has 0 radical (unpaired) electrons. The molecule has 0 spiro atoms. The van der Waals surface area contributed by atoms with Crippen LogP contribution in [0.2, 0.25) is 5.02 Å². The molecule has 1 aliphatic rings. The van der Waals surface area contributed by atoms with E-state index >= 15 is 0 Å². The van der Waals surface area contributed by atoms with Gasteiger partial charge in [0.25, 0.3) is 0 Å². The zero-order valence-corrected chi connectivity index (χ0v) is 14.2. The Labute approximate surface area is 144 Å². The highest BCUT2D eigenvalue weighted by molar-refractivity contribution is 7.98. The van der Waals surface area contributed by atoms with Gasteiger partial charge in [0, 0.05) is 28.7 Å². The Morgan fingerprint density at radius 3 is 2.30 bits per heavy atom. The molecule has 0 bridgehead atoms. The van der Waals surface area contributed by atoms with Gasteiger partial charge in [0.1, 0.15) is 0 Å². The van der Waals surface area contributed by atoms with Gasteiger partial charge in [0.15, 0.2) is 0 Å². The summed E-state index contributed by atoms with van der Waals surface area (Å²) in [6.07, 6.45) is 2.63. The summed E-state index contributed by atoms with van der Waals surface area (Å²) in [6, 6.07) is 14.9. The second-order valence-corrected chi connectivity index (χ2v) is 6.80. The van der Waals surface area contributed by atoms with Crippen LogP contribution in [0.15, 0.2) is 53.4 Å². The average molecular weight is 346 g/mol. The number of thioether (sulfide) groups is 1. The van der Waals surface area contributed by atoms with Gasteiger partial charge in [-0.2, -0.15) is 0 Å². The van der Waals surface area contributed by atoms with E-state index in [1.54, 1.807) is 30.0 Å². The molecule has 1 aliphatic heterocycles. The second kappa shape index (κ2) is 6.77. The smallest absolute Gasteiger partial charge is 0.234 e. The normalized spacial score (nSPS) is 16.0. The van der Waals surface area contributed by atoms with E-state index in [2.05, 4.69) is 0 Å². The molecule has 0 unspecified atom stereocenters. The Balaban J connectivity index is 1.83. The fourth-order valence-corrected chi connectivity index (χ4v) is 3.40. The van der Waals surface area contributed by atoms with Gasteiger partial charge in [-0.05, 0) is 42.2 Å². The minimum absolute atomic E-state index is 0.0766. The molecule has 0 N–H and O–H groups in total. The van der Waals surface area contributed by atoms with Crippen molar-refractivity contribution >= 4 is 40.9 Å². The monoisotopic (exact) mass is 345 g/mol. The molecule has 1 heterocycles. The SMILES string of the molecule is CSc1cccc(N2C(=O)CC(c3ccc(Cl)cc3)CC2=O)c1. The predicted molar refractivity (Wildman–Crippen MR) is 94.1 cm³/mol. The van der Waals surface area contributed by atoms with Crippen LogP contribution in [0.3, 0.4) is 0 Å². The molecule has 2 aromatic rings. The first-order valence-corrected chi connectivity index (χ1v) is 8.94. The molecule has 5 heteroatoms. The van der Waals surface area contributed by atoms with E-state index in [0.29, 0.717) is 23.6 Å². The second-order valence-electron chi connectivity index (χ2n) is 5.48. The molecule has 2 aromatic carbocycles. The van der Waals surface area contributed by atoms with Crippen molar-refractivity contribution in [3.63, 3.8) is 0 Å². The van der Waals surface area contributed by atoms with Crippen molar-refractivity contribution in [3.05, 3.63) is 59.1 Å². The van der Waals surface area contributed by atoms with Gasteiger partial charge < -0.3 is 0 Å². The largest absolute Gasteiger partial charge is 0.274 e. The lowest BCUT2D eigenvalue weighted by Gasteiger charge is -2.30. The third-order valence-electron chi connectivity index (χ3n) is 3.99. The van der Waals surface area contributed by atoms with Crippen LogP contribution in [0, 0.1) is 0 Å². The molecule has 3 rings (SSSR count). The van der Waals surface area contributed by atoms with Gasteiger partial charge in [-0.15, -0.1) is 11.8 Å². The van der Waals surface area contributed by atoms with Crippen molar-refractivity contribution in [2.75, 3.05) is 11.2 Å². The Hall–Kier alpha value is -1.78. The first-order chi connectivity index (χ1) is 11.1. The van der Waals surface area contributed by atoms with E-state index in [4.69, 9.17) is 11.6 Å². The number of halogens is 1. The molecule has 1 saturated heterocycles. The standard InChI is InChI=1S/C18H16ClNO2S/c1-23-16-4-2-3-15(11-16)20-17(21)9-13(10-18(20)22)12-5-7-14(19)8-6-12/h2-8,11,13H,9-10H2,1H3. The molecule has 0 aliphatic carbocycles. The summed E-state index contributed by atoms with van der Waals surface area (Å²) < 4.78 is 0. The van der Waals surface area contributed by atoms with Crippen LogP contribution in [0.25, 0.3) is 0 Å². The molecule has 3 nitrogen and oxygen atoms in total. The lowest BCUT2D eigenvalue weighted by atomic mass is 9.88. The number of imide groups is 1. The third-order valence-corrected chi connectivity index (χ3v) is 4.97. The third kappa shape index (κ3) is 3.43. The van der Waals surface area contributed by atoms with Crippen LogP contribution >= 0.6 is 23.4 Å². The summed E-state index contributed by atoms with van der Waals surface area (Å²) in [6.45, 7) is 0. The molecule has 118 valence electrons. The minimum Gasteiger partial charge on any atom is -0.274 e. The van der Waals surface area contributed by atoms with Gasteiger partial charge in [0.05, 0.1) is 5.69 Å². The minimum atomic E-state index is -0.153. The lowest BCUT2D eigenvalue weighted by Crippen LogP contribution is -2.42. The van der Waals surface area contributed by atoms with Crippen molar-refractivity contribution in [2.24, 2.45) is 0 Å². The van der Waals surface area contributed by atoms with E-state index in [9.17, 15) is 9.59 Å². The van der Waals surface area contributed by atoms with Crippen LogP contribution in [-0.4, -0.2) is 18.1 Å². The number of piperidine rings is 1. The number of hydrogen-bond donors (Lipinski definition) is 0. The lowest BCUT2D eigenvalue weighted by molar-refractivity contribution is -0.129. The van der Waals surface area contributed by atoms with Crippen molar-refractivity contribution < 1.29 is 9.59 Å². The number of hydrogen-bond acceptors (Lipinski definition) is 3. The fraction of sp³-hybridized carbons (Fsp3) is 0.222. The topological polar surface area (TPSA) is 37.4 Å². The zero-order valence-electron chi connectivity index (χ0n) is 12.7. The van der Waals surface area contributed by atoms with Crippen LogP contribution in [0.1, 0.15) is 24.3 Å². The Bertz CT molecular complexity index is 727. The number of rotatable bonds is 3. The van der Waals surface area contributed by atoms with Crippen LogP contribution < -0.4 is 4.90 Å². The number of benzene rings is 2. The summed E-state index contributed by atoms with van der Waals surface area (Å²) in [5.41, 5.74) is 1.63. The molecule has 0 atom stereocenters. The summed E-state index contributed by atoms with van der Waals surface area (Å²) in [4.78, 5) is 27.4. The highest BCUT2D eigenvalue weighted by atomic mass is 35.5. The molecule has 0 aromatic heterocycles. The molecular formula is C18H16ClNO2S. The van der Waals surface area contributed by atoms with Crippen molar-refractivity contribution in [2.45, 2.75) is 23.7 Å². The highest BCUT2D eigenvalue weighted by Gasteiger charge is 2.34. The number of carbonyl (C=O) groups excluding carboxylic acids is 2. The molecule has 0 saturated carbocycles. The number of anilines is 1. The van der Waals surface area contributed by atoms with Crippen molar-refractivity contribution in [1.29, 1.82) is 0 Å². The maximum absolute atomic E-state index is 12.5. The highest BCUT2D eigenvalue weighted by Crippen LogP contribution is 2.33. The first kappa shape index (κ1) is 16.1. The quantitative estimate of drug-likeness (QED) is 0.607. The summed E-state index contributed by atoms with van der Waals surface area (Å²) in [5, 5.41) is 0.651. The molecule has 2 amide bonds. The Morgan fingerprint density at radius 2 is 1.70 bits per heavy atom. The summed E-state index contributed by atoms with van der Waals surface area (Å²) >= 11 is 7.48. The van der Waals surface area contributed by atoms with Crippen LogP contribution in [0.5, 0.6) is 0 Å². The van der Waals surface area contributed by atoms with E-state index in [0.717, 1.165) is 10.5 Å². The maximum Gasteiger partial charge on any atom is 0.234 e. The van der Waals surface area contributed by atoms with Gasteiger partial charge in [-0.3, -0.25) is 14.5 Å². The van der Waals surface area contributed by atoms with Gasteiger partial charge in [-0.25, -0.2) is 0 Å². The van der Waals surface area contributed by atoms with E-state index in [1.807, 2.05) is 36.6 Å².